The minimum atomic E-state index is -0.379. The molecule has 0 amide bonds. The van der Waals surface area contributed by atoms with Crippen LogP contribution in [-0.2, 0) is 0 Å². The van der Waals surface area contributed by atoms with Crippen LogP contribution in [0.4, 0.5) is 0 Å². The number of nitrogens with zero attached hydrogens (tertiary/aromatic N) is 3. The minimum absolute atomic E-state index is 0.373. The Morgan fingerprint density at radius 2 is 1.53 bits per heavy atom. The lowest BCUT2D eigenvalue weighted by Crippen LogP contribution is -2.28. The van der Waals surface area contributed by atoms with E-state index >= 15 is 0 Å². The van der Waals surface area contributed by atoms with E-state index in [4.69, 9.17) is 0 Å². The first-order chi connectivity index (χ1) is 14.7. The zero-order valence-electron chi connectivity index (χ0n) is 15.6. The standard InChI is InChI=1S/C24H13N3O2S/c28-23-16-10-11-25-12-17(16)21-20(24(29)27(23)14-6-2-1-3-7-14)22-18(13-26-21)15-8-4-5-9-19(15)30-22/h1-13H. The molecule has 0 saturated carbocycles. The van der Waals surface area contributed by atoms with Crippen LogP contribution in [0.2, 0.25) is 0 Å². The van der Waals surface area contributed by atoms with Gasteiger partial charge >= 0.3 is 0 Å². The van der Waals surface area contributed by atoms with Crippen molar-refractivity contribution in [1.29, 1.82) is 0 Å². The predicted octanol–water partition coefficient (Wildman–Crippen LogP) is 4.66. The maximum absolute atomic E-state index is 13.9. The zero-order chi connectivity index (χ0) is 20.2. The molecule has 0 saturated heterocycles. The number of aromatic nitrogens is 3. The van der Waals surface area contributed by atoms with E-state index < -0.39 is 0 Å². The SMILES string of the molecule is O=c1c2ccncc2c2ncc3c4ccccc4sc3c2c(=O)n1-c1ccccc1. The van der Waals surface area contributed by atoms with Crippen molar-refractivity contribution in [2.45, 2.75) is 0 Å². The Kier molecular flexibility index (Phi) is 3.57. The highest BCUT2D eigenvalue weighted by Gasteiger charge is 2.18. The van der Waals surface area contributed by atoms with E-state index in [0.717, 1.165) is 20.2 Å². The number of pyridine rings is 2. The Morgan fingerprint density at radius 1 is 0.733 bits per heavy atom. The second kappa shape index (κ2) is 6.30. The Morgan fingerprint density at radius 3 is 2.40 bits per heavy atom. The van der Waals surface area contributed by atoms with Crippen molar-refractivity contribution in [1.82, 2.24) is 14.5 Å². The molecule has 6 heteroatoms. The highest BCUT2D eigenvalue weighted by molar-refractivity contribution is 7.26. The van der Waals surface area contributed by atoms with Gasteiger partial charge in [0.15, 0.2) is 0 Å². The molecule has 2 aromatic carbocycles. The Balaban J connectivity index is 1.98. The number of hydrogen-bond donors (Lipinski definition) is 0. The first-order valence-electron chi connectivity index (χ1n) is 9.42. The van der Waals surface area contributed by atoms with Crippen LogP contribution in [0.1, 0.15) is 0 Å². The van der Waals surface area contributed by atoms with Gasteiger partial charge in [0, 0.05) is 39.4 Å². The van der Waals surface area contributed by atoms with Crippen molar-refractivity contribution in [3.8, 4) is 5.69 Å². The largest absolute Gasteiger partial charge is 0.269 e. The lowest BCUT2D eigenvalue weighted by atomic mass is 10.1. The molecule has 0 aliphatic carbocycles. The summed E-state index contributed by atoms with van der Waals surface area (Å²) in [4.78, 5) is 36.2. The normalized spacial score (nSPS) is 11.6. The molecule has 0 unspecified atom stereocenters. The molecule has 4 aromatic heterocycles. The molecule has 142 valence electrons. The monoisotopic (exact) mass is 407 g/mol. The number of rotatable bonds is 1. The Bertz CT molecular complexity index is 1740. The van der Waals surface area contributed by atoms with Crippen molar-refractivity contribution in [3.05, 3.63) is 100.0 Å². The number of fused-ring (bicyclic) bond motifs is 7. The van der Waals surface area contributed by atoms with Gasteiger partial charge in [0.25, 0.3) is 11.1 Å². The summed E-state index contributed by atoms with van der Waals surface area (Å²) in [5, 5.41) is 3.39. The average Bonchev–Trinajstić information content (AvgIpc) is 3.13. The average molecular weight is 407 g/mol. The summed E-state index contributed by atoms with van der Waals surface area (Å²) in [6.07, 6.45) is 4.97. The molecule has 5 nitrogen and oxygen atoms in total. The van der Waals surface area contributed by atoms with Crippen LogP contribution < -0.4 is 11.1 Å². The molecular formula is C24H13N3O2S. The van der Waals surface area contributed by atoms with Gasteiger partial charge in [-0.3, -0.25) is 19.6 Å². The fraction of sp³-hybridized carbons (Fsp3) is 0. The van der Waals surface area contributed by atoms with Crippen molar-refractivity contribution < 1.29 is 0 Å². The highest BCUT2D eigenvalue weighted by Crippen LogP contribution is 2.37. The summed E-state index contributed by atoms with van der Waals surface area (Å²) in [5.74, 6) is 0. The molecule has 0 N–H and O–H groups in total. The molecule has 0 atom stereocenters. The number of benzene rings is 2. The fourth-order valence-corrected chi connectivity index (χ4v) is 5.20. The first-order valence-corrected chi connectivity index (χ1v) is 10.2. The van der Waals surface area contributed by atoms with E-state index in [1.807, 2.05) is 42.5 Å². The van der Waals surface area contributed by atoms with Gasteiger partial charge in [0.1, 0.15) is 0 Å². The number of hydrogen-bond acceptors (Lipinski definition) is 5. The Hall–Kier alpha value is -3.90. The van der Waals surface area contributed by atoms with E-state index in [0.29, 0.717) is 27.4 Å². The third-order valence-electron chi connectivity index (χ3n) is 5.36. The molecule has 30 heavy (non-hydrogen) atoms. The summed E-state index contributed by atoms with van der Waals surface area (Å²) in [5.41, 5.74) is 0.271. The van der Waals surface area contributed by atoms with Crippen molar-refractivity contribution in [3.63, 3.8) is 0 Å². The zero-order valence-corrected chi connectivity index (χ0v) is 16.4. The summed E-state index contributed by atoms with van der Waals surface area (Å²) in [6.45, 7) is 0. The molecule has 0 fully saturated rings. The second-order valence-corrected chi connectivity index (χ2v) is 8.08. The number of thiophene rings is 1. The van der Waals surface area contributed by atoms with Gasteiger partial charge in [-0.25, -0.2) is 4.57 Å². The summed E-state index contributed by atoms with van der Waals surface area (Å²) in [7, 11) is 0. The maximum Gasteiger partial charge on any atom is 0.269 e. The maximum atomic E-state index is 13.9. The van der Waals surface area contributed by atoms with Crippen LogP contribution in [0.25, 0.3) is 47.5 Å². The third-order valence-corrected chi connectivity index (χ3v) is 6.57. The van der Waals surface area contributed by atoms with Gasteiger partial charge in [-0.2, -0.15) is 0 Å². The molecule has 0 spiro atoms. The quantitative estimate of drug-likeness (QED) is 0.398. The van der Waals surface area contributed by atoms with E-state index in [9.17, 15) is 9.59 Å². The molecule has 6 rings (SSSR count). The summed E-state index contributed by atoms with van der Waals surface area (Å²) < 4.78 is 3.15. The second-order valence-electron chi connectivity index (χ2n) is 7.03. The van der Waals surface area contributed by atoms with E-state index in [-0.39, 0.29) is 11.1 Å². The van der Waals surface area contributed by atoms with Crippen LogP contribution in [0.5, 0.6) is 0 Å². The minimum Gasteiger partial charge on any atom is -0.268 e. The highest BCUT2D eigenvalue weighted by atomic mass is 32.1. The van der Waals surface area contributed by atoms with Gasteiger partial charge in [0.05, 0.1) is 26.7 Å². The van der Waals surface area contributed by atoms with E-state index in [1.165, 1.54) is 4.57 Å². The first kappa shape index (κ1) is 17.0. The lowest BCUT2D eigenvalue weighted by molar-refractivity contribution is 0.976. The summed E-state index contributed by atoms with van der Waals surface area (Å²) >= 11 is 1.54. The van der Waals surface area contributed by atoms with E-state index in [2.05, 4.69) is 9.97 Å². The lowest BCUT2D eigenvalue weighted by Gasteiger charge is -2.02. The third kappa shape index (κ3) is 2.28. The van der Waals surface area contributed by atoms with Crippen LogP contribution >= 0.6 is 11.3 Å². The Labute approximate surface area is 173 Å². The fourth-order valence-electron chi connectivity index (χ4n) is 3.99. The van der Waals surface area contributed by atoms with Gasteiger partial charge in [0.2, 0.25) is 0 Å². The number of para-hydroxylation sites is 1. The molecule has 0 aliphatic rings. The molecular weight excluding hydrogens is 394 g/mol. The predicted molar refractivity (Wildman–Crippen MR) is 122 cm³/mol. The van der Waals surface area contributed by atoms with Crippen LogP contribution in [0.15, 0.2) is 88.8 Å². The summed E-state index contributed by atoms with van der Waals surface area (Å²) in [6, 6.07) is 18.7. The van der Waals surface area contributed by atoms with Gasteiger partial charge < -0.3 is 0 Å². The van der Waals surface area contributed by atoms with Gasteiger partial charge in [-0.15, -0.1) is 11.3 Å². The van der Waals surface area contributed by atoms with Crippen LogP contribution in [-0.4, -0.2) is 14.5 Å². The molecule has 0 bridgehead atoms. The molecule has 6 aromatic rings. The van der Waals surface area contributed by atoms with Gasteiger partial charge in [-0.1, -0.05) is 36.4 Å². The molecule has 4 heterocycles. The van der Waals surface area contributed by atoms with Crippen molar-refractivity contribution >= 4 is 53.2 Å². The molecule has 0 aliphatic heterocycles. The van der Waals surface area contributed by atoms with Gasteiger partial charge in [-0.05, 0) is 24.3 Å². The van der Waals surface area contributed by atoms with Crippen molar-refractivity contribution in [2.24, 2.45) is 0 Å². The van der Waals surface area contributed by atoms with Crippen LogP contribution in [0.3, 0.4) is 0 Å². The van der Waals surface area contributed by atoms with Crippen molar-refractivity contribution in [2.75, 3.05) is 0 Å². The smallest absolute Gasteiger partial charge is 0.268 e. The van der Waals surface area contributed by atoms with E-state index in [1.54, 1.807) is 48.1 Å². The van der Waals surface area contributed by atoms with Crippen LogP contribution in [0, 0.1) is 0 Å². The topological polar surface area (TPSA) is 64.8 Å². The molecule has 0 radical (unpaired) electrons.